The molecule has 0 fully saturated rings. The van der Waals surface area contributed by atoms with Crippen LogP contribution in [-0.2, 0) is 0 Å². The Balaban J connectivity index is 2.38. The number of anilines is 1. The Kier molecular flexibility index (Phi) is 4.94. The maximum absolute atomic E-state index is 14.0. The van der Waals surface area contributed by atoms with E-state index in [-0.39, 0.29) is 10.2 Å². The fourth-order valence-electron chi connectivity index (χ4n) is 1.73. The molecule has 4 N–H and O–H groups in total. The Morgan fingerprint density at radius 3 is 2.77 bits per heavy atom. The van der Waals surface area contributed by atoms with Gasteiger partial charge in [0.2, 0.25) is 0 Å². The zero-order chi connectivity index (χ0) is 16.3. The minimum absolute atomic E-state index is 0.0920. The molecule has 0 radical (unpaired) electrons. The zero-order valence-electron chi connectivity index (χ0n) is 11.6. The largest absolute Gasteiger partial charge is 0.495 e. The standard InChI is InChI=1S/C14H13BrF2N4O/c1-22-9-4-8(5-20-6-9)12(18)7-21(19)14-11(16)3-2-10(15)13(14)17/h2-7H,18-19H2,1H3/b12-7-. The summed E-state index contributed by atoms with van der Waals surface area (Å²) in [5, 5.41) is 0.782. The molecule has 1 aromatic carbocycles. The van der Waals surface area contributed by atoms with Gasteiger partial charge in [-0.2, -0.15) is 0 Å². The lowest BCUT2D eigenvalue weighted by atomic mass is 10.2. The summed E-state index contributed by atoms with van der Waals surface area (Å²) in [7, 11) is 1.49. The Morgan fingerprint density at radius 2 is 2.09 bits per heavy atom. The van der Waals surface area contributed by atoms with Gasteiger partial charge in [-0.3, -0.25) is 9.99 Å². The highest BCUT2D eigenvalue weighted by molar-refractivity contribution is 9.10. The van der Waals surface area contributed by atoms with Crippen LogP contribution in [0.25, 0.3) is 5.70 Å². The van der Waals surface area contributed by atoms with Gasteiger partial charge >= 0.3 is 0 Å². The molecule has 22 heavy (non-hydrogen) atoms. The molecule has 0 aliphatic heterocycles. The third kappa shape index (κ3) is 3.34. The first-order valence-electron chi connectivity index (χ1n) is 6.08. The van der Waals surface area contributed by atoms with Gasteiger partial charge in [-0.1, -0.05) is 0 Å². The lowest BCUT2D eigenvalue weighted by Gasteiger charge is -2.17. The van der Waals surface area contributed by atoms with Crippen molar-refractivity contribution in [3.8, 4) is 5.75 Å². The molecule has 0 bridgehead atoms. The summed E-state index contributed by atoms with van der Waals surface area (Å²) >= 11 is 2.98. The van der Waals surface area contributed by atoms with Gasteiger partial charge in [-0.25, -0.2) is 14.6 Å². The van der Waals surface area contributed by atoms with Crippen molar-refractivity contribution < 1.29 is 13.5 Å². The van der Waals surface area contributed by atoms with E-state index in [1.165, 1.54) is 31.8 Å². The number of pyridine rings is 1. The van der Waals surface area contributed by atoms with E-state index in [0.29, 0.717) is 11.3 Å². The van der Waals surface area contributed by atoms with Gasteiger partial charge in [0.1, 0.15) is 11.4 Å². The molecule has 116 valence electrons. The summed E-state index contributed by atoms with van der Waals surface area (Å²) in [5.41, 5.74) is 6.14. The number of hydrogen-bond donors (Lipinski definition) is 2. The number of nitrogens with zero attached hydrogens (tertiary/aromatic N) is 2. The highest BCUT2D eigenvalue weighted by Crippen LogP contribution is 2.28. The second-order valence-corrected chi connectivity index (χ2v) is 5.15. The molecule has 2 rings (SSSR count). The molecule has 2 aromatic rings. The van der Waals surface area contributed by atoms with Gasteiger partial charge in [-0.15, -0.1) is 0 Å². The quantitative estimate of drug-likeness (QED) is 0.491. The predicted octanol–water partition coefficient (Wildman–Crippen LogP) is 2.77. The van der Waals surface area contributed by atoms with Crippen molar-refractivity contribution in [3.05, 3.63) is 58.5 Å². The van der Waals surface area contributed by atoms with E-state index in [2.05, 4.69) is 20.9 Å². The van der Waals surface area contributed by atoms with Crippen LogP contribution in [0.5, 0.6) is 5.75 Å². The number of nitrogens with two attached hydrogens (primary N) is 2. The summed E-state index contributed by atoms with van der Waals surface area (Å²) in [4.78, 5) is 3.94. The first-order valence-corrected chi connectivity index (χ1v) is 6.87. The maximum Gasteiger partial charge on any atom is 0.165 e. The summed E-state index contributed by atoms with van der Waals surface area (Å²) in [6.07, 6.45) is 4.19. The minimum atomic E-state index is -0.824. The van der Waals surface area contributed by atoms with Gasteiger partial charge in [0.05, 0.1) is 23.5 Å². The molecule has 0 atom stereocenters. The van der Waals surface area contributed by atoms with Crippen LogP contribution < -0.4 is 21.3 Å². The molecule has 0 spiro atoms. The molecule has 1 heterocycles. The summed E-state index contributed by atoms with van der Waals surface area (Å²) < 4.78 is 32.9. The fourth-order valence-corrected chi connectivity index (χ4v) is 2.05. The molecule has 1 aromatic heterocycles. The molecular formula is C14H13BrF2N4O. The lowest BCUT2D eigenvalue weighted by Crippen LogP contribution is -2.28. The van der Waals surface area contributed by atoms with Gasteiger partial charge in [0.15, 0.2) is 11.6 Å². The molecule has 0 aliphatic carbocycles. The van der Waals surface area contributed by atoms with Crippen LogP contribution >= 0.6 is 15.9 Å². The Labute approximate surface area is 134 Å². The van der Waals surface area contributed by atoms with Crippen LogP contribution in [0.3, 0.4) is 0 Å². The van der Waals surface area contributed by atoms with E-state index in [0.717, 1.165) is 11.1 Å². The average molecular weight is 371 g/mol. The number of hydrogen-bond acceptors (Lipinski definition) is 5. The Bertz CT molecular complexity index is 724. The number of benzene rings is 1. The van der Waals surface area contributed by atoms with E-state index in [1.54, 1.807) is 6.07 Å². The van der Waals surface area contributed by atoms with Crippen molar-refractivity contribution in [3.63, 3.8) is 0 Å². The van der Waals surface area contributed by atoms with E-state index >= 15 is 0 Å². The molecule has 0 saturated carbocycles. The molecular weight excluding hydrogens is 358 g/mol. The minimum Gasteiger partial charge on any atom is -0.495 e. The number of halogens is 3. The summed E-state index contributed by atoms with van der Waals surface area (Å²) in [6.45, 7) is 0. The van der Waals surface area contributed by atoms with Crippen molar-refractivity contribution in [2.45, 2.75) is 0 Å². The summed E-state index contributed by atoms with van der Waals surface area (Å²) in [5.74, 6) is 4.56. The van der Waals surface area contributed by atoms with Crippen molar-refractivity contribution in [1.29, 1.82) is 0 Å². The van der Waals surface area contributed by atoms with E-state index in [9.17, 15) is 8.78 Å². The van der Waals surface area contributed by atoms with Crippen molar-refractivity contribution >= 4 is 27.3 Å². The zero-order valence-corrected chi connectivity index (χ0v) is 13.1. The average Bonchev–Trinajstić information content (AvgIpc) is 2.51. The number of methoxy groups -OCH3 is 1. The molecule has 8 heteroatoms. The van der Waals surface area contributed by atoms with Crippen LogP contribution in [0.15, 0.2) is 41.3 Å². The third-order valence-corrected chi connectivity index (χ3v) is 3.45. The van der Waals surface area contributed by atoms with Crippen LogP contribution in [0, 0.1) is 11.6 Å². The number of hydrazine groups is 1. The van der Waals surface area contributed by atoms with E-state index in [1.807, 2.05) is 0 Å². The third-order valence-electron chi connectivity index (χ3n) is 2.84. The maximum atomic E-state index is 14.0. The van der Waals surface area contributed by atoms with Crippen molar-refractivity contribution in [2.75, 3.05) is 12.1 Å². The van der Waals surface area contributed by atoms with Gasteiger partial charge in [-0.05, 0) is 34.1 Å². The highest BCUT2D eigenvalue weighted by Gasteiger charge is 2.16. The lowest BCUT2D eigenvalue weighted by molar-refractivity contribution is 0.412. The number of aromatic nitrogens is 1. The van der Waals surface area contributed by atoms with Crippen LogP contribution in [0.4, 0.5) is 14.5 Å². The molecule has 5 nitrogen and oxygen atoms in total. The molecule has 0 amide bonds. The highest BCUT2D eigenvalue weighted by atomic mass is 79.9. The van der Waals surface area contributed by atoms with Crippen LogP contribution in [-0.4, -0.2) is 12.1 Å². The second kappa shape index (κ2) is 6.71. The topological polar surface area (TPSA) is 77.4 Å². The normalized spacial score (nSPS) is 11.4. The van der Waals surface area contributed by atoms with E-state index in [4.69, 9.17) is 16.3 Å². The fraction of sp³-hybridized carbons (Fsp3) is 0.0714. The van der Waals surface area contributed by atoms with Gasteiger partial charge < -0.3 is 10.5 Å². The number of rotatable bonds is 4. The van der Waals surface area contributed by atoms with Crippen LogP contribution in [0.1, 0.15) is 5.56 Å². The first kappa shape index (κ1) is 16.2. The van der Waals surface area contributed by atoms with E-state index < -0.39 is 17.3 Å². The number of ether oxygens (including phenoxy) is 1. The monoisotopic (exact) mass is 370 g/mol. The first-order chi connectivity index (χ1) is 10.4. The summed E-state index contributed by atoms with van der Waals surface area (Å²) in [6, 6.07) is 3.97. The smallest absolute Gasteiger partial charge is 0.165 e. The van der Waals surface area contributed by atoms with Crippen molar-refractivity contribution in [2.24, 2.45) is 11.6 Å². The molecule has 0 unspecified atom stereocenters. The second-order valence-electron chi connectivity index (χ2n) is 4.30. The van der Waals surface area contributed by atoms with Gasteiger partial charge in [0.25, 0.3) is 0 Å². The molecule has 0 saturated heterocycles. The van der Waals surface area contributed by atoms with Crippen LogP contribution in [0.2, 0.25) is 0 Å². The SMILES string of the molecule is COc1cncc(/C(N)=C/N(N)c2c(F)ccc(Br)c2F)c1. The molecule has 0 aliphatic rings. The Hall–Kier alpha value is -2.19. The Morgan fingerprint density at radius 1 is 1.36 bits per heavy atom. The van der Waals surface area contributed by atoms with Gasteiger partial charge in [0, 0.05) is 18.0 Å². The van der Waals surface area contributed by atoms with Crippen molar-refractivity contribution in [1.82, 2.24) is 4.98 Å². The predicted molar refractivity (Wildman–Crippen MR) is 83.7 cm³/mol.